The minimum Gasteiger partial charge on any atom is -0.756 e. The Morgan fingerprint density at radius 2 is 0.848 bits per heavy atom. The van der Waals surface area contributed by atoms with Gasteiger partial charge in [0.1, 0.15) is 25.4 Å². The summed E-state index contributed by atoms with van der Waals surface area (Å²) < 4.78 is 84.0. The van der Waals surface area contributed by atoms with Crippen LogP contribution < -0.4 is 10.6 Å². The predicted octanol–water partition coefficient (Wildman–Crippen LogP) is 16.3. The summed E-state index contributed by atoms with van der Waals surface area (Å²) in [5.41, 5.74) is 7.81. The van der Waals surface area contributed by atoms with Crippen molar-refractivity contribution in [3.63, 3.8) is 0 Å². The smallest absolute Gasteiger partial charge is 0.474 e. The van der Waals surface area contributed by atoms with E-state index in [-0.39, 0.29) is 79.2 Å². The van der Waals surface area contributed by atoms with Crippen LogP contribution in [-0.2, 0) is 96.2 Å². The van der Waals surface area contributed by atoms with E-state index >= 15 is 0 Å². The molecule has 0 spiro atoms. The van der Waals surface area contributed by atoms with Gasteiger partial charge in [0.05, 0.1) is 79.2 Å². The van der Waals surface area contributed by atoms with E-state index < -0.39 is 60.5 Å². The van der Waals surface area contributed by atoms with Crippen molar-refractivity contribution in [2.75, 3.05) is 100 Å². The molecule has 0 fully saturated rings. The first kappa shape index (κ1) is 107. The van der Waals surface area contributed by atoms with Gasteiger partial charge >= 0.3 is 33.9 Å². The van der Waals surface area contributed by atoms with Crippen molar-refractivity contribution in [3.8, 4) is 0 Å². The van der Waals surface area contributed by atoms with Crippen molar-refractivity contribution in [2.24, 2.45) is 0 Å². The maximum absolute atomic E-state index is 12.8. The quantitative estimate of drug-likeness (QED) is 0.00901. The van der Waals surface area contributed by atoms with Crippen LogP contribution in [-0.4, -0.2) is 175 Å². The van der Waals surface area contributed by atoms with Crippen molar-refractivity contribution in [2.45, 2.75) is 259 Å². The molecular weight excluding hydrogens is 1470 g/mol. The van der Waals surface area contributed by atoms with Crippen LogP contribution in [0.1, 0.15) is 223 Å². The van der Waals surface area contributed by atoms with Gasteiger partial charge in [0.25, 0.3) is 7.82 Å². The number of unbranched alkanes of at least 4 members (excludes halogenated alkanes) is 22. The van der Waals surface area contributed by atoms with Gasteiger partial charge in [0, 0.05) is 33.0 Å². The highest BCUT2D eigenvalue weighted by molar-refractivity contribution is 7.48. The fourth-order valence-electron chi connectivity index (χ4n) is 10.5. The minimum absolute atomic E-state index is 0. The van der Waals surface area contributed by atoms with E-state index in [1.165, 1.54) is 97.0 Å². The van der Waals surface area contributed by atoms with Crippen molar-refractivity contribution in [1.29, 1.82) is 0 Å². The predicted molar refractivity (Wildman–Crippen MR) is 450 cm³/mol. The van der Waals surface area contributed by atoms with Crippen LogP contribution >= 0.6 is 15.6 Å². The molecule has 4 aromatic carbocycles. The molecular formula is C85H147B2N3O20P2. The Labute approximate surface area is 676 Å². The third kappa shape index (κ3) is 65.4. The summed E-state index contributed by atoms with van der Waals surface area (Å²) in [5, 5.41) is 35.9. The number of ether oxygens (including phenoxy) is 6. The molecule has 0 radical (unpaired) electrons. The highest BCUT2D eigenvalue weighted by atomic mass is 31.2. The lowest BCUT2D eigenvalue weighted by Gasteiger charge is -2.25. The number of aliphatic hydroxyl groups excluding tert-OH is 2. The van der Waals surface area contributed by atoms with Gasteiger partial charge in [-0.3, -0.25) is 27.7 Å². The van der Waals surface area contributed by atoms with Gasteiger partial charge in [0.2, 0.25) is 0 Å². The number of phosphoric ester groups is 2. The zero-order valence-corrected chi connectivity index (χ0v) is 70.5. The van der Waals surface area contributed by atoms with Gasteiger partial charge in [-0.25, -0.2) is 4.57 Å². The Kier molecular flexibility index (Phi) is 71.8. The number of nitrogens with zero attached hydrogens (tertiary/aromatic N) is 2. The monoisotopic (exact) mass is 1610 g/mol. The molecule has 0 aliphatic carbocycles. The fourth-order valence-corrected chi connectivity index (χ4v) is 12.2. The van der Waals surface area contributed by atoms with Crippen LogP contribution in [0.4, 0.5) is 0 Å². The summed E-state index contributed by atoms with van der Waals surface area (Å²) >= 11 is 0. The van der Waals surface area contributed by atoms with Crippen molar-refractivity contribution in [3.05, 3.63) is 168 Å². The van der Waals surface area contributed by atoms with E-state index in [2.05, 4.69) is 43.9 Å². The van der Waals surface area contributed by atoms with E-state index in [9.17, 15) is 33.7 Å². The van der Waals surface area contributed by atoms with Gasteiger partial charge < -0.3 is 78.0 Å². The second-order valence-corrected chi connectivity index (χ2v) is 30.8. The molecule has 0 amide bonds. The third-order valence-corrected chi connectivity index (χ3v) is 20.0. The topological polar surface area (TPSA) is 308 Å². The number of carbonyl (C=O) groups excluding carboxylic acids is 2. The van der Waals surface area contributed by atoms with Crippen LogP contribution in [0.3, 0.4) is 0 Å². The number of allylic oxidation sites excluding steroid dienone is 4. The van der Waals surface area contributed by atoms with Gasteiger partial charge in [-0.15, -0.1) is 0 Å². The number of likely N-dealkylation sites (N-methyl/N-ethyl adjacent to an activating group) is 2. The first-order chi connectivity index (χ1) is 53.8. The van der Waals surface area contributed by atoms with Gasteiger partial charge in [0.15, 0.2) is 6.10 Å². The average molecular weight is 1610 g/mol. The van der Waals surface area contributed by atoms with Gasteiger partial charge in [-0.05, 0) is 114 Å². The lowest BCUT2D eigenvalue weighted by Crippen LogP contribution is -2.52. The molecule has 5 unspecified atom stereocenters. The maximum atomic E-state index is 12.8. The lowest BCUT2D eigenvalue weighted by molar-refractivity contribution is -0.373. The zero-order chi connectivity index (χ0) is 81.4. The van der Waals surface area contributed by atoms with E-state index in [0.717, 1.165) is 92.9 Å². The van der Waals surface area contributed by atoms with Crippen LogP contribution in [0, 0.1) is 0 Å². The maximum Gasteiger partial charge on any atom is 0.474 e. The molecule has 23 nitrogen and oxygen atoms in total. The van der Waals surface area contributed by atoms with Crippen LogP contribution in [0.5, 0.6) is 0 Å². The summed E-state index contributed by atoms with van der Waals surface area (Å²) in [6, 6.07) is 39.4. The standard InChI is InChI=1S/C41H78NO8P.C22H33BNO7P.C17H20O3.C4H12BNO2.CH4/c1-3-5-7-9-11-13-15-17-19-21-23-25-27-29-31-33-40(43)47-37-39(38-49-51(45,46)48-36-35-42)50-41(44)34-32-30-28-26-24-22-20-18-16-14-12-10-8-6-4-2;1-23(25)24(2)14-15-30-32(26,27-3)31-19-22(29-17-21-12-8-5-9-13-21)18-28-16-20-10-6-4-7-11-20;18-11-17(20-13-16-9-5-2-6-10-16)14-19-12-15-7-3-1-4-8-15;1-5(8)6(2)3-4-7;/h17-20,39H,3-16,21-38,42H2,1-2H3,(H,45,46);4-13,22,25H,14-19H2,1-3H3;1-10,17-18H,11-14H2;7-8H,3-4H2,1-2H3;1H4/b19-17-,20-18-;;;;. The summed E-state index contributed by atoms with van der Waals surface area (Å²) in [6.45, 7) is 10.6. The normalized spacial score (nSPS) is 13.2. The molecule has 0 heterocycles. The van der Waals surface area contributed by atoms with Gasteiger partial charge in [-0.1, -0.05) is 270 Å². The Morgan fingerprint density at radius 1 is 0.473 bits per heavy atom. The Morgan fingerprint density at radius 3 is 1.24 bits per heavy atom. The molecule has 0 saturated carbocycles. The number of aliphatic hydroxyl groups is 2. The number of rotatable bonds is 66. The molecule has 0 saturated heterocycles. The number of benzene rings is 4. The third-order valence-electron chi connectivity index (χ3n) is 17.6. The molecule has 7 N–H and O–H groups in total. The molecule has 4 rings (SSSR count). The summed E-state index contributed by atoms with van der Waals surface area (Å²) in [4.78, 5) is 40.2. The average Bonchev–Trinajstić information content (AvgIpc) is 0.888. The number of phosphoric acid groups is 2. The fraction of sp³-hybridized carbons (Fsp3) is 0.647. The molecule has 27 heteroatoms. The first-order valence-electron chi connectivity index (χ1n) is 40.8. The van der Waals surface area contributed by atoms with E-state index in [1.807, 2.05) is 121 Å². The Hall–Kier alpha value is -4.79. The second kappa shape index (κ2) is 75.0. The molecule has 0 aromatic heterocycles. The largest absolute Gasteiger partial charge is 0.756 e. The number of esters is 2. The highest BCUT2D eigenvalue weighted by Crippen LogP contribution is 2.48. The van der Waals surface area contributed by atoms with Gasteiger partial charge in [-0.2, -0.15) is 0 Å². The zero-order valence-electron chi connectivity index (χ0n) is 68.7. The Balaban J connectivity index is 0.00000170. The number of quaternary nitrogens is 1. The number of hydrogen-bond donors (Lipinski definition) is 5. The van der Waals surface area contributed by atoms with E-state index in [4.69, 9.17) is 61.2 Å². The minimum atomic E-state index is -4.58. The summed E-state index contributed by atoms with van der Waals surface area (Å²) in [6.07, 6.45) is 38.3. The molecule has 5 atom stereocenters. The SMILES string of the molecule is C.CB(O)N(C)CCO.CCCCCCCC/C=C\CCCCCCCC(=O)OCC(COP(=O)([O-])OCC[NH3+])OC(=O)CCCCCCC/C=C\CCCCCCCC.COP(=O)(OCCN(C)B(C)O)OCC(COCc1ccccc1)OCc1ccccc1.OCC(COCc1ccccc1)OCc1ccccc1. The molecule has 0 aliphatic rings. The van der Waals surface area contributed by atoms with Crippen LogP contribution in [0.15, 0.2) is 146 Å². The lowest BCUT2D eigenvalue weighted by atomic mass is 9.86. The Bertz CT molecular complexity index is 2910. The summed E-state index contributed by atoms with van der Waals surface area (Å²) in [5.74, 6) is -0.863. The number of carbonyl (C=O) groups is 2. The van der Waals surface area contributed by atoms with Crippen LogP contribution in [0.2, 0.25) is 13.6 Å². The van der Waals surface area contributed by atoms with Crippen molar-refractivity contribution >= 4 is 41.7 Å². The molecule has 4 aromatic rings. The second-order valence-electron chi connectivity index (χ2n) is 27.6. The summed E-state index contributed by atoms with van der Waals surface area (Å²) in [7, 11) is -4.70. The first-order valence-corrected chi connectivity index (χ1v) is 43.8. The van der Waals surface area contributed by atoms with Crippen molar-refractivity contribution < 1.29 is 101 Å². The highest BCUT2D eigenvalue weighted by Gasteiger charge is 2.28. The van der Waals surface area contributed by atoms with Crippen LogP contribution in [0.25, 0.3) is 0 Å². The molecule has 0 bridgehead atoms. The van der Waals surface area contributed by atoms with Crippen molar-refractivity contribution in [1.82, 2.24) is 9.62 Å². The molecule has 638 valence electrons. The molecule has 0 aliphatic heterocycles. The van der Waals surface area contributed by atoms with E-state index in [0.29, 0.717) is 52.5 Å². The molecule has 112 heavy (non-hydrogen) atoms. The number of hydrogen-bond acceptors (Lipinski definition) is 22. The van der Waals surface area contributed by atoms with E-state index in [1.54, 1.807) is 37.4 Å².